The van der Waals surface area contributed by atoms with Crippen molar-refractivity contribution in [3.05, 3.63) is 35.9 Å². The molecule has 0 spiro atoms. The molecule has 1 aliphatic carbocycles. The minimum absolute atomic E-state index is 0.753. The lowest BCUT2D eigenvalue weighted by Crippen LogP contribution is -2.46. The van der Waals surface area contributed by atoms with Gasteiger partial charge in [0.2, 0.25) is 0 Å². The summed E-state index contributed by atoms with van der Waals surface area (Å²) >= 11 is 0. The zero-order valence-corrected chi connectivity index (χ0v) is 13.4. The number of hydrogen-bond donors (Lipinski definition) is 1. The minimum atomic E-state index is 0.753. The van der Waals surface area contributed by atoms with Crippen LogP contribution in [-0.4, -0.2) is 36.6 Å². The van der Waals surface area contributed by atoms with E-state index >= 15 is 0 Å². The number of nitrogens with one attached hydrogen (secondary N) is 1. The van der Waals surface area contributed by atoms with E-state index in [1.165, 1.54) is 63.7 Å². The molecule has 2 fully saturated rings. The van der Waals surface area contributed by atoms with Crippen molar-refractivity contribution >= 4 is 0 Å². The van der Waals surface area contributed by atoms with Crippen molar-refractivity contribution in [1.82, 2.24) is 10.2 Å². The highest BCUT2D eigenvalue weighted by Crippen LogP contribution is 2.24. The number of rotatable bonds is 7. The fourth-order valence-electron chi connectivity index (χ4n) is 3.59. The third-order valence-corrected chi connectivity index (χ3v) is 5.22. The minimum Gasteiger partial charge on any atom is -0.312 e. The summed E-state index contributed by atoms with van der Waals surface area (Å²) in [5, 5.41) is 3.71. The Bertz CT molecular complexity index is 405. The third kappa shape index (κ3) is 4.55. The Kier molecular flexibility index (Phi) is 5.32. The zero-order chi connectivity index (χ0) is 14.5. The van der Waals surface area contributed by atoms with Crippen LogP contribution in [0, 0.1) is 5.92 Å². The van der Waals surface area contributed by atoms with Gasteiger partial charge in [0.25, 0.3) is 0 Å². The highest BCUT2D eigenvalue weighted by atomic mass is 15.2. The Hall–Kier alpha value is -0.860. The van der Waals surface area contributed by atoms with Gasteiger partial charge in [0.05, 0.1) is 0 Å². The SMILES string of the molecule is CCC(CNC1CC1)N1CCC(Cc2ccccc2)CC1. The molecule has 1 heterocycles. The van der Waals surface area contributed by atoms with E-state index in [1.54, 1.807) is 0 Å². The van der Waals surface area contributed by atoms with Crippen LogP contribution in [0.5, 0.6) is 0 Å². The third-order valence-electron chi connectivity index (χ3n) is 5.22. The Balaban J connectivity index is 1.42. The van der Waals surface area contributed by atoms with Crippen molar-refractivity contribution in [1.29, 1.82) is 0 Å². The van der Waals surface area contributed by atoms with Gasteiger partial charge in [-0.2, -0.15) is 0 Å². The fraction of sp³-hybridized carbons (Fsp3) is 0.684. The van der Waals surface area contributed by atoms with Crippen molar-refractivity contribution in [3.8, 4) is 0 Å². The summed E-state index contributed by atoms with van der Waals surface area (Å²) in [6.45, 7) is 6.13. The van der Waals surface area contributed by atoms with Crippen LogP contribution >= 0.6 is 0 Å². The second kappa shape index (κ2) is 7.42. The van der Waals surface area contributed by atoms with E-state index < -0.39 is 0 Å². The first-order valence-electron chi connectivity index (χ1n) is 8.86. The molecular weight excluding hydrogens is 256 g/mol. The van der Waals surface area contributed by atoms with Gasteiger partial charge in [-0.1, -0.05) is 37.3 Å². The lowest BCUT2D eigenvalue weighted by atomic mass is 9.89. The number of likely N-dealkylation sites (tertiary alicyclic amines) is 1. The Morgan fingerprint density at radius 1 is 1.10 bits per heavy atom. The molecule has 0 aromatic heterocycles. The van der Waals surface area contributed by atoms with Gasteiger partial charge >= 0.3 is 0 Å². The molecule has 1 saturated carbocycles. The van der Waals surface area contributed by atoms with E-state index in [-0.39, 0.29) is 0 Å². The number of piperidine rings is 1. The molecule has 1 saturated heterocycles. The largest absolute Gasteiger partial charge is 0.312 e. The monoisotopic (exact) mass is 286 g/mol. The molecule has 1 aromatic rings. The van der Waals surface area contributed by atoms with Crippen LogP contribution in [0.3, 0.4) is 0 Å². The van der Waals surface area contributed by atoms with Crippen LogP contribution in [0.1, 0.15) is 44.6 Å². The first-order chi connectivity index (χ1) is 10.3. The predicted octanol–water partition coefficient (Wildman–Crippen LogP) is 3.47. The molecule has 2 nitrogen and oxygen atoms in total. The average molecular weight is 286 g/mol. The van der Waals surface area contributed by atoms with Gasteiger partial charge in [0.1, 0.15) is 0 Å². The lowest BCUT2D eigenvalue weighted by molar-refractivity contribution is 0.127. The number of hydrogen-bond acceptors (Lipinski definition) is 2. The second-order valence-electron chi connectivity index (χ2n) is 6.91. The van der Waals surface area contributed by atoms with Crippen molar-refractivity contribution < 1.29 is 0 Å². The molecule has 1 N–H and O–H groups in total. The van der Waals surface area contributed by atoms with Gasteiger partial charge in [0.15, 0.2) is 0 Å². The predicted molar refractivity (Wildman–Crippen MR) is 89.5 cm³/mol. The summed E-state index contributed by atoms with van der Waals surface area (Å²) in [6, 6.07) is 12.6. The Morgan fingerprint density at radius 3 is 2.43 bits per heavy atom. The summed E-state index contributed by atoms with van der Waals surface area (Å²) in [5.74, 6) is 0.887. The summed E-state index contributed by atoms with van der Waals surface area (Å²) in [6.07, 6.45) is 8.09. The van der Waals surface area contributed by atoms with Crippen LogP contribution in [0.2, 0.25) is 0 Å². The van der Waals surface area contributed by atoms with E-state index in [0.717, 1.165) is 18.0 Å². The zero-order valence-electron chi connectivity index (χ0n) is 13.4. The van der Waals surface area contributed by atoms with Gasteiger partial charge in [-0.25, -0.2) is 0 Å². The van der Waals surface area contributed by atoms with Gasteiger partial charge in [0, 0.05) is 18.6 Å². The van der Waals surface area contributed by atoms with Crippen molar-refractivity contribution in [2.75, 3.05) is 19.6 Å². The molecule has 2 aliphatic rings. The Labute approximate surface area is 129 Å². The molecule has 116 valence electrons. The second-order valence-corrected chi connectivity index (χ2v) is 6.91. The molecule has 1 unspecified atom stereocenters. The molecule has 2 heteroatoms. The van der Waals surface area contributed by atoms with Crippen LogP contribution in [0.4, 0.5) is 0 Å². The summed E-state index contributed by atoms with van der Waals surface area (Å²) < 4.78 is 0. The molecule has 0 bridgehead atoms. The first kappa shape index (κ1) is 15.1. The number of benzene rings is 1. The van der Waals surface area contributed by atoms with Gasteiger partial charge < -0.3 is 5.32 Å². The smallest absolute Gasteiger partial charge is 0.0218 e. The maximum Gasteiger partial charge on any atom is 0.0218 e. The molecule has 0 radical (unpaired) electrons. The standard InChI is InChI=1S/C19H30N2/c1-2-19(15-20-18-8-9-18)21-12-10-17(11-13-21)14-16-6-4-3-5-7-16/h3-7,17-20H,2,8-15H2,1H3. The lowest BCUT2D eigenvalue weighted by Gasteiger charge is -2.37. The average Bonchev–Trinajstić information content (AvgIpc) is 3.35. The van der Waals surface area contributed by atoms with Crippen LogP contribution < -0.4 is 5.32 Å². The maximum atomic E-state index is 3.71. The maximum absolute atomic E-state index is 3.71. The normalized spacial score (nSPS) is 22.3. The molecule has 3 rings (SSSR count). The van der Waals surface area contributed by atoms with E-state index in [2.05, 4.69) is 47.5 Å². The molecule has 1 aliphatic heterocycles. The number of nitrogens with zero attached hydrogens (tertiary/aromatic N) is 1. The Morgan fingerprint density at radius 2 is 1.81 bits per heavy atom. The van der Waals surface area contributed by atoms with Crippen LogP contribution in [-0.2, 0) is 6.42 Å². The molecule has 1 atom stereocenters. The fourth-order valence-corrected chi connectivity index (χ4v) is 3.59. The molecule has 1 aromatic carbocycles. The van der Waals surface area contributed by atoms with Gasteiger partial charge in [-0.15, -0.1) is 0 Å². The highest BCUT2D eigenvalue weighted by Gasteiger charge is 2.26. The first-order valence-corrected chi connectivity index (χ1v) is 8.86. The van der Waals surface area contributed by atoms with E-state index in [0.29, 0.717) is 0 Å². The van der Waals surface area contributed by atoms with Crippen molar-refractivity contribution in [2.24, 2.45) is 5.92 Å². The van der Waals surface area contributed by atoms with Gasteiger partial charge in [-0.3, -0.25) is 4.90 Å². The summed E-state index contributed by atoms with van der Waals surface area (Å²) in [5.41, 5.74) is 1.51. The quantitative estimate of drug-likeness (QED) is 0.825. The topological polar surface area (TPSA) is 15.3 Å². The van der Waals surface area contributed by atoms with Crippen LogP contribution in [0.25, 0.3) is 0 Å². The van der Waals surface area contributed by atoms with Crippen molar-refractivity contribution in [2.45, 2.75) is 57.5 Å². The molecule has 21 heavy (non-hydrogen) atoms. The molecular formula is C19H30N2. The van der Waals surface area contributed by atoms with Crippen molar-refractivity contribution in [3.63, 3.8) is 0 Å². The highest BCUT2D eigenvalue weighted by molar-refractivity contribution is 5.15. The van der Waals surface area contributed by atoms with Crippen LogP contribution in [0.15, 0.2) is 30.3 Å². The molecule has 0 amide bonds. The van der Waals surface area contributed by atoms with E-state index in [4.69, 9.17) is 0 Å². The van der Waals surface area contributed by atoms with E-state index in [9.17, 15) is 0 Å². The van der Waals surface area contributed by atoms with E-state index in [1.807, 2.05) is 0 Å². The summed E-state index contributed by atoms with van der Waals surface area (Å²) in [7, 11) is 0. The van der Waals surface area contributed by atoms with Gasteiger partial charge in [-0.05, 0) is 63.1 Å². The summed E-state index contributed by atoms with van der Waals surface area (Å²) in [4.78, 5) is 2.73.